The fourth-order valence-electron chi connectivity index (χ4n) is 3.10. The van der Waals surface area contributed by atoms with Crippen molar-refractivity contribution in [3.8, 4) is 5.97 Å². The lowest BCUT2D eigenvalue weighted by atomic mass is 9.65. The number of pyridine rings is 1. The Kier molecular flexibility index (Phi) is 5.45. The van der Waals surface area contributed by atoms with E-state index in [9.17, 15) is 4.79 Å². The minimum atomic E-state index is -0.431. The Morgan fingerprint density at radius 3 is 2.92 bits per heavy atom. The summed E-state index contributed by atoms with van der Waals surface area (Å²) in [5.41, 5.74) is 1.55. The fourth-order valence-corrected chi connectivity index (χ4v) is 3.10. The number of hydrogen-bond acceptors (Lipinski definition) is 4. The van der Waals surface area contributed by atoms with Gasteiger partial charge in [-0.25, -0.2) is 5.26 Å². The molecule has 0 aliphatic carbocycles. The van der Waals surface area contributed by atoms with Crippen LogP contribution < -0.4 is 5.32 Å². The van der Waals surface area contributed by atoms with Crippen LogP contribution in [0.1, 0.15) is 19.3 Å². The van der Waals surface area contributed by atoms with Gasteiger partial charge in [-0.1, -0.05) is 24.6 Å². The highest BCUT2D eigenvalue weighted by Crippen LogP contribution is 2.19. The standard InChI is InChI=1S/C18H20BN4O/c20-13-19-16(12-23-8-4-1-5-9-23)18(24)22-15-10-14-6-2-3-7-17(14)21-11-15/h2-3,6-7,10-11,16H,1,4-5,8-9,12H2,(H,22,24). The van der Waals surface area contributed by atoms with Crippen molar-refractivity contribution in [1.82, 2.24) is 9.88 Å². The lowest BCUT2D eigenvalue weighted by molar-refractivity contribution is -0.116. The Morgan fingerprint density at radius 2 is 2.12 bits per heavy atom. The zero-order chi connectivity index (χ0) is 16.8. The molecule has 6 heteroatoms. The van der Waals surface area contributed by atoms with Crippen molar-refractivity contribution in [3.63, 3.8) is 0 Å². The maximum atomic E-state index is 12.6. The molecular formula is C18H20BN4O. The number of aromatic nitrogens is 1. The molecular weight excluding hydrogens is 299 g/mol. The molecule has 1 N–H and O–H groups in total. The summed E-state index contributed by atoms with van der Waals surface area (Å²) in [6.45, 7) is 2.60. The van der Waals surface area contributed by atoms with E-state index in [1.54, 1.807) is 6.20 Å². The summed E-state index contributed by atoms with van der Waals surface area (Å²) in [7, 11) is 1.43. The second-order valence-electron chi connectivity index (χ2n) is 6.17. The van der Waals surface area contributed by atoms with Gasteiger partial charge in [-0.15, -0.1) is 0 Å². The van der Waals surface area contributed by atoms with Crippen LogP contribution in [0.4, 0.5) is 5.69 Å². The third-order valence-electron chi connectivity index (χ3n) is 4.37. The van der Waals surface area contributed by atoms with Gasteiger partial charge in [0.2, 0.25) is 5.91 Å². The Hall–Kier alpha value is -2.39. The van der Waals surface area contributed by atoms with E-state index < -0.39 is 5.82 Å². The highest BCUT2D eigenvalue weighted by atomic mass is 16.1. The molecule has 1 fully saturated rings. The summed E-state index contributed by atoms with van der Waals surface area (Å²) >= 11 is 0. The van der Waals surface area contributed by atoms with Crippen molar-refractivity contribution in [2.75, 3.05) is 25.0 Å². The molecule has 1 radical (unpaired) electrons. The molecule has 1 aliphatic rings. The lowest BCUT2D eigenvalue weighted by Crippen LogP contribution is -2.37. The number of amides is 1. The first-order valence-electron chi connectivity index (χ1n) is 8.37. The van der Waals surface area contributed by atoms with Gasteiger partial charge in [-0.05, 0) is 44.0 Å². The second kappa shape index (κ2) is 7.94. The number of benzene rings is 1. The van der Waals surface area contributed by atoms with Crippen LogP contribution in [0.3, 0.4) is 0 Å². The fraction of sp³-hybridized carbons (Fsp3) is 0.389. The number of fused-ring (bicyclic) bond motifs is 1. The van der Waals surface area contributed by atoms with Gasteiger partial charge in [-0.2, -0.15) is 0 Å². The first kappa shape index (κ1) is 16.5. The molecule has 2 aromatic rings. The number of rotatable bonds is 5. The molecule has 0 saturated carbocycles. The van der Waals surface area contributed by atoms with Gasteiger partial charge < -0.3 is 10.2 Å². The van der Waals surface area contributed by atoms with E-state index in [2.05, 4.69) is 15.2 Å². The smallest absolute Gasteiger partial charge is 0.269 e. The summed E-state index contributed by atoms with van der Waals surface area (Å²) in [6, 6.07) is 9.68. The van der Waals surface area contributed by atoms with E-state index in [0.29, 0.717) is 12.2 Å². The molecule has 1 unspecified atom stereocenters. The van der Waals surface area contributed by atoms with E-state index >= 15 is 0 Å². The summed E-state index contributed by atoms with van der Waals surface area (Å²) in [5.74, 6) is 1.44. The average molecular weight is 319 g/mol. The zero-order valence-corrected chi connectivity index (χ0v) is 13.6. The molecule has 5 nitrogen and oxygen atoms in total. The number of piperidine rings is 1. The summed E-state index contributed by atoms with van der Waals surface area (Å²) in [5, 5.41) is 12.9. The maximum absolute atomic E-state index is 12.6. The number of hydrogen-bond donors (Lipinski definition) is 1. The molecule has 1 saturated heterocycles. The van der Waals surface area contributed by atoms with Gasteiger partial charge in [0, 0.05) is 17.7 Å². The SMILES string of the molecule is N#C[B]C(CN1CCCCC1)C(=O)Nc1cnc2ccccc2c1. The number of nitriles is 1. The van der Waals surface area contributed by atoms with Crippen LogP contribution >= 0.6 is 0 Å². The predicted octanol–water partition coefficient (Wildman–Crippen LogP) is 2.63. The zero-order valence-electron chi connectivity index (χ0n) is 13.6. The molecule has 1 atom stereocenters. The monoisotopic (exact) mass is 319 g/mol. The number of nitrogens with zero attached hydrogens (tertiary/aromatic N) is 3. The summed E-state index contributed by atoms with van der Waals surface area (Å²) in [6.07, 6.45) is 5.23. The van der Waals surface area contributed by atoms with Crippen LogP contribution in [-0.2, 0) is 4.79 Å². The van der Waals surface area contributed by atoms with Crippen LogP contribution in [-0.4, -0.2) is 42.7 Å². The van der Waals surface area contributed by atoms with E-state index in [-0.39, 0.29) is 5.91 Å². The maximum Gasteiger partial charge on any atom is 0.269 e. The molecule has 0 bridgehead atoms. The normalized spacial score (nSPS) is 16.3. The first-order valence-corrected chi connectivity index (χ1v) is 8.37. The topological polar surface area (TPSA) is 69.0 Å². The van der Waals surface area contributed by atoms with Crippen LogP contribution in [0.25, 0.3) is 10.9 Å². The molecule has 1 amide bonds. The summed E-state index contributed by atoms with van der Waals surface area (Å²) in [4.78, 5) is 19.2. The van der Waals surface area contributed by atoms with Gasteiger partial charge in [0.1, 0.15) is 0 Å². The van der Waals surface area contributed by atoms with Gasteiger partial charge in [0.25, 0.3) is 7.28 Å². The average Bonchev–Trinajstić information content (AvgIpc) is 2.62. The minimum Gasteiger partial charge on any atom is -0.325 e. The number of nitrogens with one attached hydrogen (secondary N) is 1. The van der Waals surface area contributed by atoms with Crippen molar-refractivity contribution in [3.05, 3.63) is 36.5 Å². The van der Waals surface area contributed by atoms with Gasteiger partial charge in [-0.3, -0.25) is 9.78 Å². The predicted molar refractivity (Wildman–Crippen MR) is 95.8 cm³/mol. The quantitative estimate of drug-likeness (QED) is 0.860. The van der Waals surface area contributed by atoms with Crippen LogP contribution in [0.15, 0.2) is 36.5 Å². The molecule has 2 heterocycles. The molecule has 1 aliphatic heterocycles. The van der Waals surface area contributed by atoms with Crippen molar-refractivity contribution < 1.29 is 4.79 Å². The van der Waals surface area contributed by atoms with E-state index in [1.165, 1.54) is 13.7 Å². The number of carbonyl (C=O) groups is 1. The van der Waals surface area contributed by atoms with E-state index in [0.717, 1.165) is 36.8 Å². The third kappa shape index (κ3) is 4.12. The Balaban J connectivity index is 1.68. The molecule has 1 aromatic heterocycles. The molecule has 24 heavy (non-hydrogen) atoms. The number of anilines is 1. The Bertz CT molecular complexity index is 752. The number of likely N-dealkylation sites (tertiary alicyclic amines) is 1. The van der Waals surface area contributed by atoms with Crippen LogP contribution in [0.2, 0.25) is 5.82 Å². The molecule has 121 valence electrons. The number of carbonyl (C=O) groups excluding carboxylic acids is 1. The van der Waals surface area contributed by atoms with Crippen molar-refractivity contribution in [1.29, 1.82) is 5.26 Å². The van der Waals surface area contributed by atoms with Crippen molar-refractivity contribution >= 4 is 29.8 Å². The van der Waals surface area contributed by atoms with Gasteiger partial charge in [0.05, 0.1) is 17.4 Å². The number of para-hydroxylation sites is 1. The van der Waals surface area contributed by atoms with Crippen LogP contribution in [0, 0.1) is 11.2 Å². The lowest BCUT2D eigenvalue weighted by Gasteiger charge is -2.29. The van der Waals surface area contributed by atoms with Crippen molar-refractivity contribution in [2.24, 2.45) is 0 Å². The molecule has 3 rings (SSSR count). The van der Waals surface area contributed by atoms with E-state index in [1.807, 2.05) is 36.3 Å². The molecule has 1 aromatic carbocycles. The Morgan fingerprint density at radius 1 is 1.33 bits per heavy atom. The first-order chi connectivity index (χ1) is 11.8. The largest absolute Gasteiger partial charge is 0.325 e. The third-order valence-corrected chi connectivity index (χ3v) is 4.37. The Labute approximate surface area is 142 Å². The minimum absolute atomic E-state index is 0.154. The van der Waals surface area contributed by atoms with Crippen LogP contribution in [0.5, 0.6) is 0 Å². The van der Waals surface area contributed by atoms with Gasteiger partial charge in [0.15, 0.2) is 0 Å². The highest BCUT2D eigenvalue weighted by molar-refractivity contribution is 6.52. The van der Waals surface area contributed by atoms with E-state index in [4.69, 9.17) is 5.26 Å². The van der Waals surface area contributed by atoms with Crippen molar-refractivity contribution in [2.45, 2.75) is 25.1 Å². The van der Waals surface area contributed by atoms with Gasteiger partial charge >= 0.3 is 0 Å². The summed E-state index contributed by atoms with van der Waals surface area (Å²) < 4.78 is 0. The second-order valence-corrected chi connectivity index (χ2v) is 6.17. The molecule has 0 spiro atoms. The highest BCUT2D eigenvalue weighted by Gasteiger charge is 2.24.